The minimum atomic E-state index is 0.214. The maximum atomic E-state index is 9.40. The van der Waals surface area contributed by atoms with Gasteiger partial charge in [-0.05, 0) is 35.8 Å². The fourth-order valence-corrected chi connectivity index (χ4v) is 1.61. The maximum Gasteiger partial charge on any atom is 0.168 e. The van der Waals surface area contributed by atoms with E-state index < -0.39 is 0 Å². The molecule has 4 N–H and O–H groups in total. The number of thiocarbonyl (C=S) groups is 1. The molecule has 4 heteroatoms. The van der Waals surface area contributed by atoms with Gasteiger partial charge in [0.15, 0.2) is 5.11 Å². The van der Waals surface area contributed by atoms with Crippen LogP contribution in [0.15, 0.2) is 36.4 Å². The molecular weight excluding hydrogens is 208 g/mol. The largest absolute Gasteiger partial charge is 0.508 e. The van der Waals surface area contributed by atoms with Crippen LogP contribution in [0.5, 0.6) is 5.75 Å². The van der Waals surface area contributed by atoms with Crippen LogP contribution in [0.1, 0.15) is 0 Å². The molecule has 0 radical (unpaired) electrons. The lowest BCUT2D eigenvalue weighted by atomic mass is 10.1. The van der Waals surface area contributed by atoms with E-state index in [1.807, 2.05) is 24.3 Å². The van der Waals surface area contributed by atoms with E-state index in [0.29, 0.717) is 0 Å². The lowest BCUT2D eigenvalue weighted by molar-refractivity contribution is 0.476. The Labute approximate surface area is 92.5 Å². The number of phenols is 1. The van der Waals surface area contributed by atoms with Crippen LogP contribution in [0.4, 0.5) is 5.69 Å². The fraction of sp³-hybridized carbons (Fsp3) is 0. The summed E-state index contributed by atoms with van der Waals surface area (Å²) in [5.41, 5.74) is 6.21. The Hall–Kier alpha value is -1.81. The SMILES string of the molecule is NC(=S)Nc1cccc2ccc(O)cc12. The molecule has 76 valence electrons. The molecule has 3 nitrogen and oxygen atoms in total. The highest BCUT2D eigenvalue weighted by Crippen LogP contribution is 2.26. The summed E-state index contributed by atoms with van der Waals surface area (Å²) in [6, 6.07) is 10.9. The Balaban J connectivity index is 2.63. The first-order chi connectivity index (χ1) is 7.16. The topological polar surface area (TPSA) is 58.3 Å². The number of benzene rings is 2. The van der Waals surface area contributed by atoms with Crippen molar-refractivity contribution in [1.82, 2.24) is 0 Å². The van der Waals surface area contributed by atoms with Crippen LogP contribution in [0.2, 0.25) is 0 Å². The average molecular weight is 218 g/mol. The Kier molecular flexibility index (Phi) is 2.43. The molecule has 0 atom stereocenters. The van der Waals surface area contributed by atoms with E-state index in [4.69, 9.17) is 18.0 Å². The monoisotopic (exact) mass is 218 g/mol. The molecule has 2 rings (SSSR count). The molecule has 0 aromatic heterocycles. The van der Waals surface area contributed by atoms with E-state index in [-0.39, 0.29) is 10.9 Å². The summed E-state index contributed by atoms with van der Waals surface area (Å²) >= 11 is 4.78. The molecule has 2 aromatic carbocycles. The van der Waals surface area contributed by atoms with Gasteiger partial charge < -0.3 is 16.2 Å². The molecule has 0 aliphatic rings. The van der Waals surface area contributed by atoms with Gasteiger partial charge >= 0.3 is 0 Å². The number of anilines is 1. The van der Waals surface area contributed by atoms with Gasteiger partial charge in [-0.2, -0.15) is 0 Å². The first kappa shape index (κ1) is 9.73. The first-order valence-electron chi connectivity index (χ1n) is 4.45. The van der Waals surface area contributed by atoms with Gasteiger partial charge in [-0.1, -0.05) is 18.2 Å². The lowest BCUT2D eigenvalue weighted by Crippen LogP contribution is -2.18. The highest BCUT2D eigenvalue weighted by molar-refractivity contribution is 7.80. The van der Waals surface area contributed by atoms with Crippen molar-refractivity contribution in [2.75, 3.05) is 5.32 Å². The molecule has 0 heterocycles. The standard InChI is InChI=1S/C11H10N2OS/c12-11(15)13-10-3-1-2-7-4-5-8(14)6-9(7)10/h1-6,14H,(H3,12,13,15). The second-order valence-corrected chi connectivity index (χ2v) is 3.64. The average Bonchev–Trinajstić information content (AvgIpc) is 2.18. The molecule has 0 saturated heterocycles. The molecule has 0 saturated carbocycles. The van der Waals surface area contributed by atoms with E-state index in [1.165, 1.54) is 0 Å². The van der Waals surface area contributed by atoms with Crippen molar-refractivity contribution in [2.24, 2.45) is 5.73 Å². The number of nitrogens with one attached hydrogen (secondary N) is 1. The van der Waals surface area contributed by atoms with E-state index in [1.54, 1.807) is 12.1 Å². The zero-order chi connectivity index (χ0) is 10.8. The van der Waals surface area contributed by atoms with Gasteiger partial charge in [0, 0.05) is 11.1 Å². The number of hydrogen-bond donors (Lipinski definition) is 3. The van der Waals surface area contributed by atoms with Gasteiger partial charge in [0.25, 0.3) is 0 Å². The Morgan fingerprint density at radius 2 is 2.07 bits per heavy atom. The summed E-state index contributed by atoms with van der Waals surface area (Å²) in [6.07, 6.45) is 0. The van der Waals surface area contributed by atoms with Gasteiger partial charge in [0.1, 0.15) is 5.75 Å². The zero-order valence-corrected chi connectivity index (χ0v) is 8.71. The molecular formula is C11H10N2OS. The smallest absolute Gasteiger partial charge is 0.168 e. The molecule has 15 heavy (non-hydrogen) atoms. The third-order valence-electron chi connectivity index (χ3n) is 2.12. The fourth-order valence-electron chi connectivity index (χ4n) is 1.50. The highest BCUT2D eigenvalue weighted by atomic mass is 32.1. The summed E-state index contributed by atoms with van der Waals surface area (Å²) < 4.78 is 0. The minimum Gasteiger partial charge on any atom is -0.508 e. The van der Waals surface area contributed by atoms with Crippen molar-refractivity contribution < 1.29 is 5.11 Å². The second kappa shape index (κ2) is 3.74. The van der Waals surface area contributed by atoms with Crippen LogP contribution >= 0.6 is 12.2 Å². The van der Waals surface area contributed by atoms with Crippen molar-refractivity contribution in [2.45, 2.75) is 0 Å². The van der Waals surface area contributed by atoms with Crippen molar-refractivity contribution >= 4 is 33.8 Å². The number of phenolic OH excluding ortho intramolecular Hbond substituents is 1. The molecule has 0 fully saturated rings. The molecule has 0 aliphatic carbocycles. The Morgan fingerprint density at radius 3 is 2.80 bits per heavy atom. The van der Waals surface area contributed by atoms with Crippen molar-refractivity contribution in [3.63, 3.8) is 0 Å². The molecule has 0 unspecified atom stereocenters. The van der Waals surface area contributed by atoms with E-state index in [2.05, 4.69) is 5.32 Å². The van der Waals surface area contributed by atoms with Gasteiger partial charge in [-0.25, -0.2) is 0 Å². The molecule has 0 spiro atoms. The first-order valence-corrected chi connectivity index (χ1v) is 4.86. The number of nitrogens with two attached hydrogens (primary N) is 1. The predicted molar refractivity (Wildman–Crippen MR) is 66.0 cm³/mol. The second-order valence-electron chi connectivity index (χ2n) is 3.20. The van der Waals surface area contributed by atoms with Gasteiger partial charge in [0.2, 0.25) is 0 Å². The van der Waals surface area contributed by atoms with Crippen LogP contribution in [0.3, 0.4) is 0 Å². The molecule has 0 amide bonds. The quantitative estimate of drug-likeness (QED) is 0.642. The van der Waals surface area contributed by atoms with Crippen LogP contribution in [-0.2, 0) is 0 Å². The third kappa shape index (κ3) is 1.99. The van der Waals surface area contributed by atoms with Crippen LogP contribution in [-0.4, -0.2) is 10.2 Å². The minimum absolute atomic E-state index is 0.214. The number of rotatable bonds is 1. The normalized spacial score (nSPS) is 10.1. The summed E-state index contributed by atoms with van der Waals surface area (Å²) in [4.78, 5) is 0. The summed E-state index contributed by atoms with van der Waals surface area (Å²) in [5, 5.41) is 14.4. The molecule has 0 bridgehead atoms. The zero-order valence-electron chi connectivity index (χ0n) is 7.90. The van der Waals surface area contributed by atoms with Crippen LogP contribution < -0.4 is 11.1 Å². The Morgan fingerprint density at radius 1 is 1.27 bits per heavy atom. The summed E-state index contributed by atoms with van der Waals surface area (Å²) in [6.45, 7) is 0. The van der Waals surface area contributed by atoms with Gasteiger partial charge in [-0.3, -0.25) is 0 Å². The van der Waals surface area contributed by atoms with E-state index in [9.17, 15) is 5.11 Å². The Bertz CT molecular complexity index is 525. The number of hydrogen-bond acceptors (Lipinski definition) is 2. The molecule has 0 aliphatic heterocycles. The predicted octanol–water partition coefficient (Wildman–Crippen LogP) is 2.20. The molecule has 2 aromatic rings. The van der Waals surface area contributed by atoms with Crippen molar-refractivity contribution in [3.05, 3.63) is 36.4 Å². The van der Waals surface area contributed by atoms with E-state index >= 15 is 0 Å². The number of aromatic hydroxyl groups is 1. The highest BCUT2D eigenvalue weighted by Gasteiger charge is 2.01. The lowest BCUT2D eigenvalue weighted by Gasteiger charge is -2.08. The third-order valence-corrected chi connectivity index (χ3v) is 2.23. The summed E-state index contributed by atoms with van der Waals surface area (Å²) in [7, 11) is 0. The van der Waals surface area contributed by atoms with Crippen LogP contribution in [0.25, 0.3) is 10.8 Å². The van der Waals surface area contributed by atoms with Gasteiger partial charge in [-0.15, -0.1) is 0 Å². The van der Waals surface area contributed by atoms with Crippen LogP contribution in [0, 0.1) is 0 Å². The maximum absolute atomic E-state index is 9.40. The number of fused-ring (bicyclic) bond motifs is 1. The van der Waals surface area contributed by atoms with Crippen molar-refractivity contribution in [1.29, 1.82) is 0 Å². The van der Waals surface area contributed by atoms with Gasteiger partial charge in [0.05, 0.1) is 0 Å². The van der Waals surface area contributed by atoms with E-state index in [0.717, 1.165) is 16.5 Å². The summed E-state index contributed by atoms with van der Waals surface area (Å²) in [5.74, 6) is 0.222. The van der Waals surface area contributed by atoms with Crippen molar-refractivity contribution in [3.8, 4) is 5.75 Å².